The van der Waals surface area contributed by atoms with Crippen molar-refractivity contribution in [2.45, 2.75) is 73.4 Å². The molecule has 242 valence electrons. The maximum atomic E-state index is 14.7. The summed E-state index contributed by atoms with van der Waals surface area (Å²) in [4.78, 5) is 80.4. The third-order valence-corrected chi connectivity index (χ3v) is 10.7. The molecule has 0 bridgehead atoms. The summed E-state index contributed by atoms with van der Waals surface area (Å²) in [6, 6.07) is 0. The number of aliphatic hydroxyl groups is 2. The highest BCUT2D eigenvalue weighted by Gasteiger charge is 2.76. The number of fused-ring (bicyclic) bond motifs is 5. The lowest BCUT2D eigenvalue weighted by atomic mass is 9.40. The van der Waals surface area contributed by atoms with Crippen LogP contribution in [-0.2, 0) is 47.7 Å². The van der Waals surface area contributed by atoms with Crippen LogP contribution in [0.4, 0.5) is 0 Å². The SMILES string of the molecule is COC(=O)[C@@]1(C)C(=O)C=C[C@@]2(C)C1=C(O)C(=O)[C@@]1(C)C3=CC[C@@H](C4=C[C@H](O)OC4=O)[C@@]3(C)[C@@H](OC(=O)C(C)C)[C@H](OC(C)=O)[C@H]12. The number of ketones is 2. The zero-order valence-corrected chi connectivity index (χ0v) is 26.5. The molecule has 1 saturated carbocycles. The van der Waals surface area contributed by atoms with Gasteiger partial charge in [0.2, 0.25) is 12.1 Å². The molecule has 4 aliphatic carbocycles. The normalized spacial score (nSPS) is 40.2. The first-order chi connectivity index (χ1) is 20.8. The van der Waals surface area contributed by atoms with Crippen LogP contribution in [0.25, 0.3) is 0 Å². The molecule has 0 spiro atoms. The van der Waals surface area contributed by atoms with Gasteiger partial charge in [-0.15, -0.1) is 0 Å². The molecular formula is C33H38O12. The minimum atomic E-state index is -2.11. The predicted octanol–water partition coefficient (Wildman–Crippen LogP) is 2.60. The van der Waals surface area contributed by atoms with Crippen LogP contribution in [0.3, 0.4) is 0 Å². The fourth-order valence-electron chi connectivity index (χ4n) is 8.82. The molecule has 45 heavy (non-hydrogen) atoms. The van der Waals surface area contributed by atoms with Gasteiger partial charge in [-0.3, -0.25) is 24.0 Å². The molecule has 12 nitrogen and oxygen atoms in total. The number of Topliss-reactive ketones (excluding diaryl/α,β-unsaturated/α-hetero) is 1. The Balaban J connectivity index is 1.86. The second-order valence-corrected chi connectivity index (χ2v) is 13.5. The summed E-state index contributed by atoms with van der Waals surface area (Å²) >= 11 is 0. The molecule has 1 aliphatic heterocycles. The molecule has 1 fully saturated rings. The summed E-state index contributed by atoms with van der Waals surface area (Å²) in [6.45, 7) is 10.6. The van der Waals surface area contributed by atoms with E-state index in [2.05, 4.69) is 0 Å². The summed E-state index contributed by atoms with van der Waals surface area (Å²) < 4.78 is 22.2. The van der Waals surface area contributed by atoms with Gasteiger partial charge in [-0.2, -0.15) is 0 Å². The average Bonchev–Trinajstić information content (AvgIpc) is 3.48. The van der Waals surface area contributed by atoms with E-state index in [-0.39, 0.29) is 17.6 Å². The molecule has 0 unspecified atom stereocenters. The zero-order valence-electron chi connectivity index (χ0n) is 26.5. The van der Waals surface area contributed by atoms with Crippen molar-refractivity contribution in [1.82, 2.24) is 0 Å². The van der Waals surface area contributed by atoms with Gasteiger partial charge < -0.3 is 29.2 Å². The van der Waals surface area contributed by atoms with E-state index in [1.54, 1.807) is 40.7 Å². The number of esters is 4. The topological polar surface area (TPSA) is 180 Å². The molecule has 0 radical (unpaired) electrons. The van der Waals surface area contributed by atoms with Crippen molar-refractivity contribution in [2.75, 3.05) is 7.11 Å². The average molecular weight is 627 g/mol. The number of carbonyl (C=O) groups excluding carboxylic acids is 6. The number of aliphatic hydroxyl groups excluding tert-OH is 2. The molecule has 5 aliphatic rings. The van der Waals surface area contributed by atoms with Crippen molar-refractivity contribution in [2.24, 2.45) is 39.4 Å². The largest absolute Gasteiger partial charge is 0.504 e. The summed E-state index contributed by atoms with van der Waals surface area (Å²) in [5, 5.41) is 21.9. The van der Waals surface area contributed by atoms with Gasteiger partial charge in [-0.25, -0.2) is 4.79 Å². The molecule has 0 aromatic rings. The van der Waals surface area contributed by atoms with Crippen molar-refractivity contribution >= 4 is 35.4 Å². The lowest BCUT2D eigenvalue weighted by molar-refractivity contribution is -0.211. The second-order valence-electron chi connectivity index (χ2n) is 13.5. The van der Waals surface area contributed by atoms with Gasteiger partial charge in [0.25, 0.3) is 0 Å². The molecule has 0 aromatic heterocycles. The van der Waals surface area contributed by atoms with E-state index in [0.717, 1.165) is 14.0 Å². The first-order valence-corrected chi connectivity index (χ1v) is 14.8. The van der Waals surface area contributed by atoms with E-state index < -0.39 is 99.1 Å². The van der Waals surface area contributed by atoms with Gasteiger partial charge in [-0.1, -0.05) is 39.8 Å². The molecule has 12 heteroatoms. The Bertz CT molecular complexity index is 1560. The molecular weight excluding hydrogens is 588 g/mol. The highest BCUT2D eigenvalue weighted by Crippen LogP contribution is 2.71. The number of carbonyl (C=O) groups is 6. The van der Waals surface area contributed by atoms with E-state index in [9.17, 15) is 39.0 Å². The summed E-state index contributed by atoms with van der Waals surface area (Å²) in [7, 11) is 1.08. The number of rotatable bonds is 5. The van der Waals surface area contributed by atoms with E-state index in [0.29, 0.717) is 5.57 Å². The Morgan fingerprint density at radius 2 is 1.71 bits per heavy atom. The van der Waals surface area contributed by atoms with E-state index in [4.69, 9.17) is 18.9 Å². The van der Waals surface area contributed by atoms with Crippen LogP contribution >= 0.6 is 0 Å². The molecule has 9 atom stereocenters. The van der Waals surface area contributed by atoms with Crippen molar-refractivity contribution in [3.63, 3.8) is 0 Å². The molecule has 0 aromatic carbocycles. The Kier molecular flexibility index (Phi) is 7.35. The summed E-state index contributed by atoms with van der Waals surface area (Å²) in [6.07, 6.45) is 1.61. The minimum absolute atomic E-state index is 0.0989. The number of cyclic esters (lactones) is 1. The van der Waals surface area contributed by atoms with Crippen molar-refractivity contribution in [1.29, 1.82) is 0 Å². The van der Waals surface area contributed by atoms with Crippen molar-refractivity contribution < 1.29 is 57.9 Å². The highest BCUT2D eigenvalue weighted by atomic mass is 16.6. The van der Waals surface area contributed by atoms with Gasteiger partial charge in [0.15, 0.2) is 17.0 Å². The number of ether oxygens (including phenoxy) is 4. The van der Waals surface area contributed by atoms with Crippen LogP contribution in [0.1, 0.15) is 54.9 Å². The number of allylic oxidation sites excluding steroid dienone is 4. The van der Waals surface area contributed by atoms with E-state index >= 15 is 0 Å². The fourth-order valence-corrected chi connectivity index (χ4v) is 8.82. The lowest BCUT2D eigenvalue weighted by Crippen LogP contribution is -2.70. The molecule has 2 N–H and O–H groups in total. The van der Waals surface area contributed by atoms with Crippen LogP contribution in [0.5, 0.6) is 0 Å². The molecule has 5 rings (SSSR count). The molecule has 0 saturated heterocycles. The molecule has 1 heterocycles. The zero-order chi connectivity index (χ0) is 33.6. The smallest absolute Gasteiger partial charge is 0.336 e. The predicted molar refractivity (Wildman–Crippen MR) is 153 cm³/mol. The first-order valence-electron chi connectivity index (χ1n) is 14.8. The van der Waals surface area contributed by atoms with E-state index in [1.807, 2.05) is 0 Å². The summed E-state index contributed by atoms with van der Waals surface area (Å²) in [5.41, 5.74) is -6.38. The monoisotopic (exact) mass is 626 g/mol. The third-order valence-electron chi connectivity index (χ3n) is 10.7. The number of hydrogen-bond donors (Lipinski definition) is 2. The summed E-state index contributed by atoms with van der Waals surface area (Å²) in [5.74, 6) is -8.11. The van der Waals surface area contributed by atoms with Crippen LogP contribution in [0, 0.1) is 39.4 Å². The Morgan fingerprint density at radius 1 is 1.07 bits per heavy atom. The van der Waals surface area contributed by atoms with Crippen LogP contribution < -0.4 is 0 Å². The lowest BCUT2D eigenvalue weighted by Gasteiger charge is -2.63. The van der Waals surface area contributed by atoms with Crippen LogP contribution in [0.2, 0.25) is 0 Å². The number of methoxy groups -OCH3 is 1. The molecule has 0 amide bonds. The Labute approximate surface area is 260 Å². The Hall–Kier alpha value is -4.06. The van der Waals surface area contributed by atoms with Gasteiger partial charge in [0, 0.05) is 40.7 Å². The van der Waals surface area contributed by atoms with Crippen molar-refractivity contribution in [3.8, 4) is 0 Å². The van der Waals surface area contributed by atoms with Crippen LogP contribution in [0.15, 0.2) is 46.8 Å². The van der Waals surface area contributed by atoms with Crippen molar-refractivity contribution in [3.05, 3.63) is 46.8 Å². The third kappa shape index (κ3) is 4.06. The minimum Gasteiger partial charge on any atom is -0.504 e. The van der Waals surface area contributed by atoms with Gasteiger partial charge in [-0.05, 0) is 38.0 Å². The quantitative estimate of drug-likeness (QED) is 0.197. The fraction of sp³-hybridized carbons (Fsp3) is 0.576. The van der Waals surface area contributed by atoms with Crippen LogP contribution in [-0.4, -0.2) is 71.3 Å². The maximum absolute atomic E-state index is 14.7. The first kappa shape index (κ1) is 32.3. The van der Waals surface area contributed by atoms with E-state index in [1.165, 1.54) is 25.2 Å². The number of hydrogen-bond acceptors (Lipinski definition) is 12. The second kappa shape index (κ2) is 10.2. The van der Waals surface area contributed by atoms with Gasteiger partial charge in [0.05, 0.1) is 18.4 Å². The maximum Gasteiger partial charge on any atom is 0.336 e. The highest BCUT2D eigenvalue weighted by molar-refractivity contribution is 6.16. The Morgan fingerprint density at radius 3 is 2.24 bits per heavy atom. The van der Waals surface area contributed by atoms with Gasteiger partial charge in [0.1, 0.15) is 12.2 Å². The van der Waals surface area contributed by atoms with Gasteiger partial charge >= 0.3 is 23.9 Å². The standard InChI is InChI=1S/C33H38O12/c1-14(2)27(39)45-26-22(43-15(3)34)24-30(4)12-11-19(35)33(7,29(41)42-8)23(30)21(37)25(38)32(24,6)18-10-9-17(31(18,26)5)16-13-20(36)44-28(16)40/h10-14,17,20,22,24,26,36-37H,9H2,1-8H3/t17-,20+,22+,24-,26-,30-,31+,32-,33-/m0/s1.